The van der Waals surface area contributed by atoms with E-state index in [4.69, 9.17) is 27.9 Å². The zero-order valence-electron chi connectivity index (χ0n) is 20.1. The highest BCUT2D eigenvalue weighted by atomic mass is 35.5. The lowest BCUT2D eigenvalue weighted by atomic mass is 9.74. The Labute approximate surface area is 222 Å². The highest BCUT2D eigenvalue weighted by Gasteiger charge is 2.39. The summed E-state index contributed by atoms with van der Waals surface area (Å²) in [5, 5.41) is 4.43. The van der Waals surface area contributed by atoms with Crippen molar-refractivity contribution < 1.29 is 9.53 Å². The monoisotopic (exact) mass is 520 g/mol. The second-order valence-electron chi connectivity index (χ2n) is 9.58. The van der Waals surface area contributed by atoms with Gasteiger partial charge in [0.05, 0.1) is 23.3 Å². The van der Waals surface area contributed by atoms with Crippen LogP contribution in [0.1, 0.15) is 35.1 Å². The van der Waals surface area contributed by atoms with Crippen molar-refractivity contribution in [1.82, 2.24) is 10.2 Å². The van der Waals surface area contributed by atoms with E-state index in [0.29, 0.717) is 29.8 Å². The van der Waals surface area contributed by atoms with E-state index in [1.807, 2.05) is 47.4 Å². The third-order valence-corrected chi connectivity index (χ3v) is 8.02. The molecule has 5 rings (SSSR count). The van der Waals surface area contributed by atoms with E-state index in [1.165, 1.54) is 11.1 Å². The molecule has 3 aromatic carbocycles. The van der Waals surface area contributed by atoms with Crippen LogP contribution >= 0.6 is 23.2 Å². The molecule has 0 radical (unpaired) electrons. The van der Waals surface area contributed by atoms with Crippen molar-refractivity contribution in [3.05, 3.63) is 111 Å². The molecule has 0 unspecified atom stereocenters. The highest BCUT2D eigenvalue weighted by molar-refractivity contribution is 6.42. The van der Waals surface area contributed by atoms with E-state index < -0.39 is 6.04 Å². The first-order valence-corrected chi connectivity index (χ1v) is 13.2. The number of hydrogen-bond donors (Lipinski definition) is 1. The molecule has 3 aromatic rings. The highest BCUT2D eigenvalue weighted by Crippen LogP contribution is 2.43. The minimum absolute atomic E-state index is 0.0418. The largest absolute Gasteiger partial charge is 0.375 e. The predicted octanol–water partition coefficient (Wildman–Crippen LogP) is 6.26. The normalized spacial score (nSPS) is 16.8. The smallest absolute Gasteiger partial charge is 0.242 e. The summed E-state index contributed by atoms with van der Waals surface area (Å²) in [6.45, 7) is 2.70. The van der Waals surface area contributed by atoms with Crippen molar-refractivity contribution in [2.24, 2.45) is 0 Å². The third kappa shape index (κ3) is 5.52. The Morgan fingerprint density at radius 1 is 0.944 bits per heavy atom. The van der Waals surface area contributed by atoms with Gasteiger partial charge in [-0.1, -0.05) is 96.0 Å². The first-order valence-electron chi connectivity index (χ1n) is 12.4. The average Bonchev–Trinajstić information content (AvgIpc) is 3.26. The fourth-order valence-electron chi connectivity index (χ4n) is 5.19. The number of carbonyl (C=O) groups is 1. The van der Waals surface area contributed by atoms with E-state index in [9.17, 15) is 4.79 Å². The van der Waals surface area contributed by atoms with E-state index >= 15 is 0 Å². The maximum Gasteiger partial charge on any atom is 0.242 e. The molecule has 1 N–H and O–H groups in total. The molecule has 4 nitrogen and oxygen atoms in total. The number of fused-ring (bicyclic) bond motifs is 2. The van der Waals surface area contributed by atoms with Crippen molar-refractivity contribution >= 4 is 35.2 Å². The summed E-state index contributed by atoms with van der Waals surface area (Å²) < 4.78 is 6.00. The lowest BCUT2D eigenvalue weighted by Gasteiger charge is -2.40. The van der Waals surface area contributed by atoms with Crippen LogP contribution in [0.4, 0.5) is 0 Å². The lowest BCUT2D eigenvalue weighted by Crippen LogP contribution is -2.52. The molecule has 0 saturated carbocycles. The molecule has 1 heterocycles. The zero-order valence-corrected chi connectivity index (χ0v) is 21.6. The molecule has 1 saturated heterocycles. The Kier molecular flexibility index (Phi) is 7.78. The van der Waals surface area contributed by atoms with Gasteiger partial charge in [0.1, 0.15) is 6.04 Å². The van der Waals surface area contributed by atoms with Crippen LogP contribution in [0.3, 0.4) is 0 Å². The molecular weight excluding hydrogens is 491 g/mol. The second-order valence-corrected chi connectivity index (χ2v) is 10.4. The van der Waals surface area contributed by atoms with E-state index in [1.54, 1.807) is 6.07 Å². The molecule has 0 aromatic heterocycles. The summed E-state index contributed by atoms with van der Waals surface area (Å²) in [4.78, 5) is 15.6. The number of carbonyl (C=O) groups excluding carboxylic acids is 1. The van der Waals surface area contributed by atoms with Gasteiger partial charge in [-0.25, -0.2) is 0 Å². The van der Waals surface area contributed by atoms with Crippen molar-refractivity contribution in [2.75, 3.05) is 19.7 Å². The Hall–Kier alpha value is -2.63. The lowest BCUT2D eigenvalue weighted by molar-refractivity contribution is -0.136. The van der Waals surface area contributed by atoms with Crippen LogP contribution in [0.25, 0.3) is 6.08 Å². The van der Waals surface area contributed by atoms with Crippen LogP contribution in [0.2, 0.25) is 10.0 Å². The van der Waals surface area contributed by atoms with Gasteiger partial charge in [0.15, 0.2) is 0 Å². The molecule has 1 fully saturated rings. The molecule has 1 aliphatic carbocycles. The van der Waals surface area contributed by atoms with E-state index in [2.05, 4.69) is 41.7 Å². The van der Waals surface area contributed by atoms with Gasteiger partial charge < -0.3 is 9.64 Å². The fraction of sp³-hybridized carbons (Fsp3) is 0.300. The molecule has 6 heteroatoms. The van der Waals surface area contributed by atoms with Crippen LogP contribution < -0.4 is 5.32 Å². The maximum atomic E-state index is 13.7. The van der Waals surface area contributed by atoms with Crippen LogP contribution in [-0.2, 0) is 28.1 Å². The van der Waals surface area contributed by atoms with Crippen molar-refractivity contribution in [1.29, 1.82) is 0 Å². The van der Waals surface area contributed by atoms with Crippen LogP contribution in [0, 0.1) is 0 Å². The van der Waals surface area contributed by atoms with Crippen molar-refractivity contribution in [2.45, 2.75) is 37.5 Å². The topological polar surface area (TPSA) is 41.6 Å². The Morgan fingerprint density at radius 2 is 1.69 bits per heavy atom. The Morgan fingerprint density at radius 3 is 2.47 bits per heavy atom. The number of halogens is 2. The number of hydrogen-bond acceptors (Lipinski definition) is 3. The standard InChI is InChI=1S/C30H30Cl2N2O2/c31-26-11-10-23(18-27(26)32)19-33-28(21-36-20-22-6-2-1-3-7-22)29(35)34-16-14-30(15-17-34)13-12-24-8-4-5-9-25(24)30/h1-13,18,28,33H,14-17,19-21H2/t28-/m0/s1. The quantitative estimate of drug-likeness (QED) is 0.381. The number of allylic oxidation sites excluding steroid dienone is 1. The molecule has 1 atom stereocenters. The first kappa shape index (κ1) is 25.0. The van der Waals surface area contributed by atoms with Crippen LogP contribution in [0.15, 0.2) is 78.9 Å². The summed E-state index contributed by atoms with van der Waals surface area (Å²) >= 11 is 12.3. The summed E-state index contributed by atoms with van der Waals surface area (Å²) in [7, 11) is 0. The predicted molar refractivity (Wildman–Crippen MR) is 146 cm³/mol. The molecule has 2 aliphatic rings. The number of rotatable bonds is 8. The van der Waals surface area contributed by atoms with Gasteiger partial charge in [-0.15, -0.1) is 0 Å². The summed E-state index contributed by atoms with van der Waals surface area (Å²) in [6.07, 6.45) is 6.42. The molecule has 1 aliphatic heterocycles. The van der Waals surface area contributed by atoms with Crippen molar-refractivity contribution in [3.63, 3.8) is 0 Å². The second kappa shape index (κ2) is 11.2. The first-order chi connectivity index (χ1) is 17.5. The Balaban J connectivity index is 1.24. The fourth-order valence-corrected chi connectivity index (χ4v) is 5.52. The van der Waals surface area contributed by atoms with E-state index in [0.717, 1.165) is 37.1 Å². The summed E-state index contributed by atoms with van der Waals surface area (Å²) in [6, 6.07) is 23.7. The molecule has 1 amide bonds. The Bertz CT molecular complexity index is 1240. The van der Waals surface area contributed by atoms with Crippen LogP contribution in [0.5, 0.6) is 0 Å². The number of piperidine rings is 1. The minimum Gasteiger partial charge on any atom is -0.375 e. The molecule has 1 spiro atoms. The van der Waals surface area contributed by atoms with Gasteiger partial charge >= 0.3 is 0 Å². The number of likely N-dealkylation sites (tertiary alicyclic amines) is 1. The zero-order chi connectivity index (χ0) is 25.0. The van der Waals surface area contributed by atoms with Gasteiger partial charge in [-0.05, 0) is 47.2 Å². The molecule has 0 bridgehead atoms. The van der Waals surface area contributed by atoms with Gasteiger partial charge in [-0.2, -0.15) is 0 Å². The van der Waals surface area contributed by atoms with Gasteiger partial charge in [0, 0.05) is 25.0 Å². The summed E-state index contributed by atoms with van der Waals surface area (Å²) in [5.41, 5.74) is 4.78. The number of benzene rings is 3. The van der Waals surface area contributed by atoms with Gasteiger partial charge in [0.2, 0.25) is 5.91 Å². The molecular formula is C30H30Cl2N2O2. The van der Waals surface area contributed by atoms with Crippen molar-refractivity contribution in [3.8, 4) is 0 Å². The van der Waals surface area contributed by atoms with Gasteiger partial charge in [0.25, 0.3) is 0 Å². The molecule has 186 valence electrons. The number of nitrogens with zero attached hydrogens (tertiary/aromatic N) is 1. The summed E-state index contributed by atoms with van der Waals surface area (Å²) in [5.74, 6) is 0.0771. The van der Waals surface area contributed by atoms with Crippen LogP contribution in [-0.4, -0.2) is 36.5 Å². The van der Waals surface area contributed by atoms with Gasteiger partial charge in [-0.3, -0.25) is 10.1 Å². The average molecular weight is 521 g/mol. The molecule has 36 heavy (non-hydrogen) atoms. The number of amides is 1. The maximum absolute atomic E-state index is 13.7. The number of ether oxygens (including phenoxy) is 1. The SMILES string of the molecule is O=C([C@H](COCc1ccccc1)NCc1ccc(Cl)c(Cl)c1)N1CCC2(C=Cc3ccccc32)CC1. The number of nitrogens with one attached hydrogen (secondary N) is 1. The third-order valence-electron chi connectivity index (χ3n) is 7.28. The van der Waals surface area contributed by atoms with E-state index in [-0.39, 0.29) is 11.3 Å². The minimum atomic E-state index is -0.455.